The number of hydrogen-bond donors (Lipinski definition) is 0. The standard InChI is InChI=1S/C20H26O2/c1-13(2)14-6-7-16-15(10-14)17(22)11-18-19(3,12-21)8-5-9-20(16,18)4/h6-7,10,12-13,18H,5,8-9,11H2,1-4H3/t18-,19+,20+/m0/s1. The van der Waals surface area contributed by atoms with E-state index in [1.807, 2.05) is 6.92 Å². The Kier molecular flexibility index (Phi) is 3.54. The maximum atomic E-state index is 12.7. The second-order valence-corrected chi connectivity index (χ2v) is 8.03. The van der Waals surface area contributed by atoms with E-state index >= 15 is 0 Å². The fourth-order valence-electron chi connectivity index (χ4n) is 4.78. The Labute approximate surface area is 133 Å². The molecule has 1 fully saturated rings. The van der Waals surface area contributed by atoms with Gasteiger partial charge < -0.3 is 4.79 Å². The van der Waals surface area contributed by atoms with Crippen LogP contribution >= 0.6 is 0 Å². The molecule has 0 heterocycles. The van der Waals surface area contributed by atoms with E-state index in [0.29, 0.717) is 12.3 Å². The molecule has 3 rings (SSSR count). The van der Waals surface area contributed by atoms with Gasteiger partial charge >= 0.3 is 0 Å². The van der Waals surface area contributed by atoms with Gasteiger partial charge in [-0.1, -0.05) is 46.2 Å². The van der Waals surface area contributed by atoms with Gasteiger partial charge in [-0.2, -0.15) is 0 Å². The number of benzene rings is 1. The number of aldehydes is 1. The van der Waals surface area contributed by atoms with E-state index < -0.39 is 0 Å². The Morgan fingerprint density at radius 2 is 1.95 bits per heavy atom. The Morgan fingerprint density at radius 1 is 1.23 bits per heavy atom. The van der Waals surface area contributed by atoms with Crippen molar-refractivity contribution in [3.05, 3.63) is 34.9 Å². The Hall–Kier alpha value is -1.44. The molecule has 1 aromatic carbocycles. The van der Waals surface area contributed by atoms with Gasteiger partial charge in [0.1, 0.15) is 6.29 Å². The number of carbonyl (C=O) groups is 2. The lowest BCUT2D eigenvalue weighted by molar-refractivity contribution is -0.122. The molecular formula is C20H26O2. The third kappa shape index (κ3) is 2.07. The molecule has 0 spiro atoms. The summed E-state index contributed by atoms with van der Waals surface area (Å²) in [7, 11) is 0. The second kappa shape index (κ2) is 5.04. The summed E-state index contributed by atoms with van der Waals surface area (Å²) in [4.78, 5) is 24.5. The zero-order valence-electron chi connectivity index (χ0n) is 14.1. The summed E-state index contributed by atoms with van der Waals surface area (Å²) >= 11 is 0. The van der Waals surface area contributed by atoms with Crippen LogP contribution in [0.1, 0.15) is 80.8 Å². The molecule has 0 saturated heterocycles. The number of carbonyl (C=O) groups excluding carboxylic acids is 2. The maximum Gasteiger partial charge on any atom is 0.163 e. The van der Waals surface area contributed by atoms with E-state index in [9.17, 15) is 9.59 Å². The molecule has 2 aliphatic carbocycles. The van der Waals surface area contributed by atoms with Gasteiger partial charge in [0, 0.05) is 17.4 Å². The number of Topliss-reactive ketones (excluding diaryl/α,β-unsaturated/α-hetero) is 1. The largest absolute Gasteiger partial charge is 0.303 e. The first-order valence-electron chi connectivity index (χ1n) is 8.46. The highest BCUT2D eigenvalue weighted by molar-refractivity contribution is 6.00. The summed E-state index contributed by atoms with van der Waals surface area (Å²) in [5.41, 5.74) is 2.89. The molecule has 0 aromatic heterocycles. The third-order valence-corrected chi connectivity index (χ3v) is 6.26. The zero-order chi connectivity index (χ0) is 16.1. The summed E-state index contributed by atoms with van der Waals surface area (Å²) in [5.74, 6) is 0.779. The van der Waals surface area contributed by atoms with E-state index in [1.54, 1.807) is 0 Å². The minimum Gasteiger partial charge on any atom is -0.303 e. The van der Waals surface area contributed by atoms with E-state index in [0.717, 1.165) is 31.1 Å². The molecule has 0 amide bonds. The van der Waals surface area contributed by atoms with Crippen LogP contribution in [0.5, 0.6) is 0 Å². The monoisotopic (exact) mass is 298 g/mol. The van der Waals surface area contributed by atoms with Gasteiger partial charge in [0.05, 0.1) is 0 Å². The molecule has 2 nitrogen and oxygen atoms in total. The summed E-state index contributed by atoms with van der Waals surface area (Å²) in [5, 5.41) is 0. The van der Waals surface area contributed by atoms with Gasteiger partial charge in [0.25, 0.3) is 0 Å². The van der Waals surface area contributed by atoms with Gasteiger partial charge in [0.2, 0.25) is 0 Å². The topological polar surface area (TPSA) is 34.1 Å². The molecule has 1 saturated carbocycles. The Bertz CT molecular complexity index is 631. The van der Waals surface area contributed by atoms with Crippen molar-refractivity contribution in [1.29, 1.82) is 0 Å². The Morgan fingerprint density at radius 3 is 2.59 bits per heavy atom. The van der Waals surface area contributed by atoms with Crippen LogP contribution in [0.25, 0.3) is 0 Å². The van der Waals surface area contributed by atoms with Crippen molar-refractivity contribution in [2.75, 3.05) is 0 Å². The van der Waals surface area contributed by atoms with Crippen LogP contribution < -0.4 is 0 Å². The lowest BCUT2D eigenvalue weighted by atomic mass is 9.50. The smallest absolute Gasteiger partial charge is 0.163 e. The molecular weight excluding hydrogens is 272 g/mol. The highest BCUT2D eigenvalue weighted by atomic mass is 16.1. The van der Waals surface area contributed by atoms with Crippen molar-refractivity contribution >= 4 is 12.1 Å². The van der Waals surface area contributed by atoms with Crippen LogP contribution in [0.3, 0.4) is 0 Å². The van der Waals surface area contributed by atoms with Crippen molar-refractivity contribution in [2.24, 2.45) is 11.3 Å². The molecule has 0 radical (unpaired) electrons. The van der Waals surface area contributed by atoms with Crippen LogP contribution in [-0.2, 0) is 10.2 Å². The van der Waals surface area contributed by atoms with Crippen LogP contribution in [0.15, 0.2) is 18.2 Å². The van der Waals surface area contributed by atoms with Crippen LogP contribution in [0.4, 0.5) is 0 Å². The summed E-state index contributed by atoms with van der Waals surface area (Å²) in [6.45, 7) is 8.62. The van der Waals surface area contributed by atoms with Crippen LogP contribution in [0, 0.1) is 11.3 Å². The predicted molar refractivity (Wildman–Crippen MR) is 88.3 cm³/mol. The third-order valence-electron chi connectivity index (χ3n) is 6.26. The highest BCUT2D eigenvalue weighted by Crippen LogP contribution is 2.56. The van der Waals surface area contributed by atoms with E-state index in [1.165, 1.54) is 11.1 Å². The molecule has 2 heteroatoms. The number of ketones is 1. The van der Waals surface area contributed by atoms with Crippen molar-refractivity contribution in [3.63, 3.8) is 0 Å². The minimum atomic E-state index is -0.364. The molecule has 2 aliphatic rings. The van der Waals surface area contributed by atoms with E-state index in [4.69, 9.17) is 0 Å². The molecule has 1 aromatic rings. The lowest BCUT2D eigenvalue weighted by Gasteiger charge is -2.53. The van der Waals surface area contributed by atoms with Gasteiger partial charge in [-0.3, -0.25) is 4.79 Å². The van der Waals surface area contributed by atoms with Crippen LogP contribution in [0.2, 0.25) is 0 Å². The van der Waals surface area contributed by atoms with E-state index in [2.05, 4.69) is 39.0 Å². The number of fused-ring (bicyclic) bond motifs is 3. The number of hydrogen-bond acceptors (Lipinski definition) is 2. The highest BCUT2D eigenvalue weighted by Gasteiger charge is 2.53. The quantitative estimate of drug-likeness (QED) is 0.744. The molecule has 0 N–H and O–H groups in total. The minimum absolute atomic E-state index is 0.0489. The first-order valence-corrected chi connectivity index (χ1v) is 8.46. The first-order chi connectivity index (χ1) is 10.3. The van der Waals surface area contributed by atoms with Crippen molar-refractivity contribution in [3.8, 4) is 0 Å². The van der Waals surface area contributed by atoms with Gasteiger partial charge in [0.15, 0.2) is 5.78 Å². The molecule has 3 atom stereocenters. The molecule has 0 unspecified atom stereocenters. The van der Waals surface area contributed by atoms with Gasteiger partial charge in [-0.05, 0) is 47.3 Å². The van der Waals surface area contributed by atoms with Crippen molar-refractivity contribution < 1.29 is 9.59 Å². The van der Waals surface area contributed by atoms with Crippen molar-refractivity contribution in [2.45, 2.75) is 64.7 Å². The Balaban J connectivity index is 2.15. The fourth-order valence-corrected chi connectivity index (χ4v) is 4.78. The molecule has 118 valence electrons. The van der Waals surface area contributed by atoms with Gasteiger partial charge in [-0.15, -0.1) is 0 Å². The zero-order valence-corrected chi connectivity index (χ0v) is 14.1. The first kappa shape index (κ1) is 15.5. The van der Waals surface area contributed by atoms with E-state index in [-0.39, 0.29) is 22.5 Å². The van der Waals surface area contributed by atoms with Crippen LogP contribution in [-0.4, -0.2) is 12.1 Å². The molecule has 0 aliphatic heterocycles. The molecule has 22 heavy (non-hydrogen) atoms. The van der Waals surface area contributed by atoms with Gasteiger partial charge in [-0.25, -0.2) is 0 Å². The summed E-state index contributed by atoms with van der Waals surface area (Å²) in [6.07, 6.45) is 4.66. The average Bonchev–Trinajstić information content (AvgIpc) is 2.49. The maximum absolute atomic E-state index is 12.7. The van der Waals surface area contributed by atoms with Crippen molar-refractivity contribution in [1.82, 2.24) is 0 Å². The summed E-state index contributed by atoms with van der Waals surface area (Å²) in [6, 6.07) is 6.42. The normalized spacial score (nSPS) is 34.2. The number of rotatable bonds is 2. The average molecular weight is 298 g/mol. The predicted octanol–water partition coefficient (Wildman–Crippen LogP) is 4.66. The lowest BCUT2D eigenvalue weighted by Crippen LogP contribution is -2.51. The summed E-state index contributed by atoms with van der Waals surface area (Å²) < 4.78 is 0. The molecule has 0 bridgehead atoms. The fraction of sp³-hybridized carbons (Fsp3) is 0.600. The second-order valence-electron chi connectivity index (χ2n) is 8.03. The SMILES string of the molecule is CC(C)c1ccc2c(c1)C(=O)C[C@H]1[C@@](C)(C=O)CCC[C@]21C.